The van der Waals surface area contributed by atoms with Crippen LogP contribution in [0.5, 0.6) is 11.5 Å². The highest BCUT2D eigenvalue weighted by molar-refractivity contribution is 5.82. The number of rotatable bonds is 2. The van der Waals surface area contributed by atoms with Crippen LogP contribution in [0, 0.1) is 0 Å². The van der Waals surface area contributed by atoms with Crippen LogP contribution in [0.3, 0.4) is 0 Å². The van der Waals surface area contributed by atoms with E-state index < -0.39 is 0 Å². The number of hydrogen-bond donors (Lipinski definition) is 2. The van der Waals surface area contributed by atoms with Gasteiger partial charge in [0.05, 0.1) is 6.04 Å². The zero-order valence-corrected chi connectivity index (χ0v) is 9.36. The zero-order valence-electron chi connectivity index (χ0n) is 9.36. The van der Waals surface area contributed by atoms with Crippen molar-refractivity contribution >= 4 is 5.91 Å². The highest BCUT2D eigenvalue weighted by Crippen LogP contribution is 2.32. The number of amides is 1. The Balaban J connectivity index is 1.74. The molecule has 0 saturated carbocycles. The molecular weight excluding hydrogens is 220 g/mol. The van der Waals surface area contributed by atoms with Crippen LogP contribution in [-0.2, 0) is 11.2 Å². The number of benzene rings is 1. The van der Waals surface area contributed by atoms with Gasteiger partial charge in [-0.25, -0.2) is 0 Å². The zero-order chi connectivity index (χ0) is 11.7. The first kappa shape index (κ1) is 10.4. The molecule has 0 bridgehead atoms. The van der Waals surface area contributed by atoms with Crippen molar-refractivity contribution in [2.24, 2.45) is 0 Å². The third-order valence-electron chi connectivity index (χ3n) is 3.01. The third-order valence-corrected chi connectivity index (χ3v) is 3.01. The molecule has 5 heteroatoms. The Morgan fingerprint density at radius 2 is 2.12 bits per heavy atom. The predicted molar refractivity (Wildman–Crippen MR) is 61.1 cm³/mol. The summed E-state index contributed by atoms with van der Waals surface area (Å²) in [6, 6.07) is 5.64. The van der Waals surface area contributed by atoms with Gasteiger partial charge in [0.15, 0.2) is 11.5 Å². The molecule has 0 spiro atoms. The van der Waals surface area contributed by atoms with Crippen LogP contribution in [0.15, 0.2) is 18.2 Å². The van der Waals surface area contributed by atoms with E-state index in [0.717, 1.165) is 23.6 Å². The van der Waals surface area contributed by atoms with E-state index >= 15 is 0 Å². The Bertz CT molecular complexity index is 447. The average Bonchev–Trinajstić information content (AvgIpc) is 2.79. The van der Waals surface area contributed by atoms with Crippen molar-refractivity contribution in [2.75, 3.05) is 19.9 Å². The quantitative estimate of drug-likeness (QED) is 0.759. The highest BCUT2D eigenvalue weighted by atomic mass is 16.7. The molecule has 0 unspecified atom stereocenters. The molecule has 2 heterocycles. The number of nitrogens with one attached hydrogen (secondary N) is 2. The molecule has 1 aromatic carbocycles. The maximum Gasteiger partial charge on any atom is 0.237 e. The largest absolute Gasteiger partial charge is 0.454 e. The Labute approximate surface area is 99.1 Å². The molecule has 90 valence electrons. The fourth-order valence-electron chi connectivity index (χ4n) is 2.12. The molecule has 1 atom stereocenters. The first-order valence-electron chi connectivity index (χ1n) is 5.72. The van der Waals surface area contributed by atoms with E-state index in [0.29, 0.717) is 13.0 Å². The second-order valence-electron chi connectivity index (χ2n) is 4.19. The molecule has 1 saturated heterocycles. The molecule has 0 aliphatic carbocycles. The van der Waals surface area contributed by atoms with Crippen LogP contribution in [0.2, 0.25) is 0 Å². The normalized spacial score (nSPS) is 22.4. The summed E-state index contributed by atoms with van der Waals surface area (Å²) in [5.41, 5.74) is 1.07. The van der Waals surface area contributed by atoms with Crippen LogP contribution in [0.4, 0.5) is 0 Å². The first-order valence-corrected chi connectivity index (χ1v) is 5.72. The lowest BCUT2D eigenvalue weighted by molar-refractivity contribution is -0.124. The average molecular weight is 234 g/mol. The third kappa shape index (κ3) is 2.06. The van der Waals surface area contributed by atoms with Gasteiger partial charge in [-0.2, -0.15) is 0 Å². The molecule has 1 fully saturated rings. The van der Waals surface area contributed by atoms with Crippen LogP contribution >= 0.6 is 0 Å². The van der Waals surface area contributed by atoms with E-state index in [9.17, 15) is 4.79 Å². The number of hydrogen-bond acceptors (Lipinski definition) is 4. The second kappa shape index (κ2) is 4.25. The van der Waals surface area contributed by atoms with E-state index in [-0.39, 0.29) is 18.7 Å². The molecule has 1 amide bonds. The summed E-state index contributed by atoms with van der Waals surface area (Å²) < 4.78 is 10.6. The van der Waals surface area contributed by atoms with Crippen molar-refractivity contribution in [3.05, 3.63) is 23.8 Å². The van der Waals surface area contributed by atoms with Gasteiger partial charge in [-0.1, -0.05) is 6.07 Å². The number of piperazine rings is 1. The summed E-state index contributed by atoms with van der Waals surface area (Å²) in [6.45, 7) is 1.80. The molecule has 17 heavy (non-hydrogen) atoms. The first-order chi connectivity index (χ1) is 8.33. The number of fused-ring (bicyclic) bond motifs is 1. The van der Waals surface area contributed by atoms with Crippen LogP contribution in [0.25, 0.3) is 0 Å². The number of carbonyl (C=O) groups is 1. The van der Waals surface area contributed by atoms with Gasteiger partial charge in [0.2, 0.25) is 12.7 Å². The predicted octanol–water partition coefficient (Wildman–Crippen LogP) is 0.0458. The smallest absolute Gasteiger partial charge is 0.237 e. The van der Waals surface area contributed by atoms with Gasteiger partial charge in [-0.15, -0.1) is 0 Å². The minimum atomic E-state index is -0.149. The van der Waals surface area contributed by atoms with Gasteiger partial charge < -0.3 is 20.1 Å². The van der Waals surface area contributed by atoms with Gasteiger partial charge in [0.1, 0.15) is 0 Å². The van der Waals surface area contributed by atoms with Crippen molar-refractivity contribution < 1.29 is 14.3 Å². The van der Waals surface area contributed by atoms with Gasteiger partial charge in [-0.3, -0.25) is 4.79 Å². The standard InChI is InChI=1S/C12H14N2O3/c15-12-9(13-3-4-14-12)5-8-1-2-10-11(6-8)17-7-16-10/h1-2,6,9,13H,3-5,7H2,(H,14,15)/t9-/m0/s1. The van der Waals surface area contributed by atoms with Crippen LogP contribution < -0.4 is 20.1 Å². The fourth-order valence-corrected chi connectivity index (χ4v) is 2.12. The van der Waals surface area contributed by atoms with Crippen LogP contribution in [-0.4, -0.2) is 31.8 Å². The van der Waals surface area contributed by atoms with E-state index in [1.165, 1.54) is 0 Å². The highest BCUT2D eigenvalue weighted by Gasteiger charge is 2.22. The molecule has 0 aromatic heterocycles. The Kier molecular flexibility index (Phi) is 2.60. The lowest BCUT2D eigenvalue weighted by Gasteiger charge is -2.23. The molecule has 5 nitrogen and oxygen atoms in total. The maximum absolute atomic E-state index is 11.6. The minimum Gasteiger partial charge on any atom is -0.454 e. The Morgan fingerprint density at radius 1 is 1.24 bits per heavy atom. The van der Waals surface area contributed by atoms with Crippen molar-refractivity contribution in [1.82, 2.24) is 10.6 Å². The van der Waals surface area contributed by atoms with Gasteiger partial charge in [0.25, 0.3) is 0 Å². The molecule has 0 radical (unpaired) electrons. The van der Waals surface area contributed by atoms with Gasteiger partial charge in [0, 0.05) is 13.1 Å². The monoisotopic (exact) mass is 234 g/mol. The SMILES string of the molecule is O=C1NCCN[C@H]1Cc1ccc2c(c1)OCO2. The summed E-state index contributed by atoms with van der Waals surface area (Å²) in [5, 5.41) is 6.05. The second-order valence-corrected chi connectivity index (χ2v) is 4.19. The summed E-state index contributed by atoms with van der Waals surface area (Å²) in [4.78, 5) is 11.6. The molecule has 2 aliphatic heterocycles. The Morgan fingerprint density at radius 3 is 3.00 bits per heavy atom. The lowest BCUT2D eigenvalue weighted by atomic mass is 10.0. The summed E-state index contributed by atoms with van der Waals surface area (Å²) in [6.07, 6.45) is 0.669. The minimum absolute atomic E-state index is 0.0638. The van der Waals surface area contributed by atoms with Crippen molar-refractivity contribution in [3.8, 4) is 11.5 Å². The number of carbonyl (C=O) groups excluding carboxylic acids is 1. The van der Waals surface area contributed by atoms with Gasteiger partial charge in [-0.05, 0) is 24.1 Å². The van der Waals surface area contributed by atoms with E-state index in [2.05, 4.69) is 10.6 Å². The number of ether oxygens (including phenoxy) is 2. The topological polar surface area (TPSA) is 59.6 Å². The van der Waals surface area contributed by atoms with Gasteiger partial charge >= 0.3 is 0 Å². The lowest BCUT2D eigenvalue weighted by Crippen LogP contribution is -2.53. The maximum atomic E-state index is 11.6. The molecule has 3 rings (SSSR count). The van der Waals surface area contributed by atoms with Crippen molar-refractivity contribution in [3.63, 3.8) is 0 Å². The molecule has 1 aromatic rings. The molecular formula is C12H14N2O3. The van der Waals surface area contributed by atoms with Crippen LogP contribution in [0.1, 0.15) is 5.56 Å². The van der Waals surface area contributed by atoms with Crippen molar-refractivity contribution in [1.29, 1.82) is 0 Å². The van der Waals surface area contributed by atoms with Crippen molar-refractivity contribution in [2.45, 2.75) is 12.5 Å². The molecule has 2 N–H and O–H groups in total. The summed E-state index contributed by atoms with van der Waals surface area (Å²) >= 11 is 0. The van der Waals surface area contributed by atoms with E-state index in [4.69, 9.17) is 9.47 Å². The summed E-state index contributed by atoms with van der Waals surface area (Å²) in [5.74, 6) is 1.60. The molecule has 2 aliphatic rings. The van der Waals surface area contributed by atoms with E-state index in [1.54, 1.807) is 0 Å². The van der Waals surface area contributed by atoms with E-state index in [1.807, 2.05) is 18.2 Å². The Hall–Kier alpha value is -1.75. The fraction of sp³-hybridized carbons (Fsp3) is 0.417. The summed E-state index contributed by atoms with van der Waals surface area (Å²) in [7, 11) is 0.